The molecule has 7 heteroatoms. The third-order valence-corrected chi connectivity index (χ3v) is 5.39. The number of carbonyl (C=O) groups excluding carboxylic acids is 1. The first kappa shape index (κ1) is 15.0. The third kappa shape index (κ3) is 3.14. The Morgan fingerprint density at radius 1 is 1.27 bits per heavy atom. The normalized spacial score (nSPS) is 21.5. The second-order valence-corrected chi connectivity index (χ2v) is 7.28. The second-order valence-electron chi connectivity index (χ2n) is 5.63. The molecule has 6 nitrogen and oxygen atoms in total. The van der Waals surface area contributed by atoms with Crippen molar-refractivity contribution in [2.45, 2.75) is 43.0 Å². The Morgan fingerprint density at radius 3 is 2.77 bits per heavy atom. The fourth-order valence-electron chi connectivity index (χ4n) is 2.89. The highest BCUT2D eigenvalue weighted by Crippen LogP contribution is 2.22. The summed E-state index contributed by atoms with van der Waals surface area (Å²) in [5, 5.41) is 2.99. The summed E-state index contributed by atoms with van der Waals surface area (Å²) in [4.78, 5) is 16.3. The molecule has 0 bridgehead atoms. The van der Waals surface area contributed by atoms with Crippen LogP contribution in [0.3, 0.4) is 0 Å². The van der Waals surface area contributed by atoms with Crippen molar-refractivity contribution in [3.8, 4) is 0 Å². The second kappa shape index (κ2) is 6.08. The first-order chi connectivity index (χ1) is 10.6. The van der Waals surface area contributed by atoms with Crippen LogP contribution >= 0.6 is 0 Å². The van der Waals surface area contributed by atoms with Crippen LogP contribution in [0.4, 0.5) is 0 Å². The Labute approximate surface area is 130 Å². The van der Waals surface area contributed by atoms with Crippen molar-refractivity contribution < 1.29 is 13.2 Å². The molecular weight excluding hydrogens is 302 g/mol. The highest BCUT2D eigenvalue weighted by molar-refractivity contribution is 7.90. The van der Waals surface area contributed by atoms with Gasteiger partial charge in [0.05, 0.1) is 11.4 Å². The van der Waals surface area contributed by atoms with E-state index in [4.69, 9.17) is 0 Å². The lowest BCUT2D eigenvalue weighted by Gasteiger charge is -2.10. The number of amidine groups is 1. The van der Waals surface area contributed by atoms with Crippen molar-refractivity contribution in [3.63, 3.8) is 0 Å². The minimum Gasteiger partial charge on any atom is -0.353 e. The van der Waals surface area contributed by atoms with Gasteiger partial charge in [0.2, 0.25) is 5.91 Å². The molecular formula is C15H19N3O3S. The van der Waals surface area contributed by atoms with Crippen LogP contribution in [0.2, 0.25) is 0 Å². The summed E-state index contributed by atoms with van der Waals surface area (Å²) in [5.74, 6) is 0.301. The summed E-state index contributed by atoms with van der Waals surface area (Å²) < 4.78 is 26.3. The quantitative estimate of drug-likeness (QED) is 0.873. The molecule has 0 saturated heterocycles. The molecule has 1 saturated carbocycles. The molecule has 0 spiro atoms. The zero-order valence-electron chi connectivity index (χ0n) is 12.2. The molecule has 3 rings (SSSR count). The summed E-state index contributed by atoms with van der Waals surface area (Å²) in [7, 11) is -3.51. The molecule has 1 amide bonds. The fraction of sp³-hybridized carbons (Fsp3) is 0.467. The van der Waals surface area contributed by atoms with Gasteiger partial charge in [-0.25, -0.2) is 8.42 Å². The zero-order valence-corrected chi connectivity index (χ0v) is 13.0. The van der Waals surface area contributed by atoms with E-state index in [2.05, 4.69) is 15.0 Å². The lowest BCUT2D eigenvalue weighted by Crippen LogP contribution is -2.33. The van der Waals surface area contributed by atoms with E-state index in [1.54, 1.807) is 24.3 Å². The maximum absolute atomic E-state index is 11.9. The number of sulfonamides is 1. The molecule has 1 aliphatic carbocycles. The molecule has 0 radical (unpaired) electrons. The number of nitrogens with one attached hydrogen (secondary N) is 2. The average Bonchev–Trinajstić information content (AvgIpc) is 3.07. The van der Waals surface area contributed by atoms with Gasteiger partial charge in [0.1, 0.15) is 5.84 Å². The molecule has 1 aliphatic heterocycles. The van der Waals surface area contributed by atoms with E-state index in [-0.39, 0.29) is 23.8 Å². The minimum absolute atomic E-state index is 0.0228. The predicted molar refractivity (Wildman–Crippen MR) is 83.2 cm³/mol. The van der Waals surface area contributed by atoms with Gasteiger partial charge < -0.3 is 5.32 Å². The lowest BCUT2D eigenvalue weighted by molar-refractivity contribution is -0.121. The Balaban J connectivity index is 1.61. The maximum atomic E-state index is 11.9. The Bertz CT molecular complexity index is 706. The maximum Gasteiger partial charge on any atom is 0.263 e. The molecule has 118 valence electrons. The van der Waals surface area contributed by atoms with Crippen LogP contribution in [0.15, 0.2) is 34.2 Å². The topological polar surface area (TPSA) is 87.6 Å². The third-order valence-electron chi connectivity index (χ3n) is 3.99. The first-order valence-electron chi connectivity index (χ1n) is 7.52. The van der Waals surface area contributed by atoms with Crippen molar-refractivity contribution in [3.05, 3.63) is 29.8 Å². The van der Waals surface area contributed by atoms with Gasteiger partial charge in [-0.05, 0) is 25.0 Å². The Morgan fingerprint density at radius 2 is 2.00 bits per heavy atom. The van der Waals surface area contributed by atoms with Gasteiger partial charge in [0.25, 0.3) is 10.0 Å². The zero-order chi connectivity index (χ0) is 15.6. The van der Waals surface area contributed by atoms with Crippen LogP contribution in [-0.4, -0.2) is 32.7 Å². The number of carbonyl (C=O) groups is 1. The van der Waals surface area contributed by atoms with Gasteiger partial charge in [-0.2, -0.15) is 0 Å². The van der Waals surface area contributed by atoms with Gasteiger partial charge in [-0.3, -0.25) is 14.5 Å². The van der Waals surface area contributed by atoms with E-state index in [1.165, 1.54) is 12.8 Å². The van der Waals surface area contributed by atoms with Gasteiger partial charge in [-0.1, -0.05) is 25.0 Å². The van der Waals surface area contributed by atoms with Crippen LogP contribution in [0.1, 0.15) is 37.7 Å². The van der Waals surface area contributed by atoms with Crippen molar-refractivity contribution >= 4 is 21.8 Å². The number of nitrogens with zero attached hydrogens (tertiary/aromatic N) is 1. The molecule has 1 aromatic carbocycles. The molecule has 2 aliphatic rings. The van der Waals surface area contributed by atoms with E-state index < -0.39 is 10.0 Å². The first-order valence-corrected chi connectivity index (χ1v) is 9.00. The smallest absolute Gasteiger partial charge is 0.263 e. The summed E-state index contributed by atoms with van der Waals surface area (Å²) in [6, 6.07) is 7.00. The van der Waals surface area contributed by atoms with Crippen molar-refractivity contribution in [1.82, 2.24) is 10.0 Å². The number of amides is 1. The number of hydrogen-bond donors (Lipinski definition) is 2. The number of hydrogen-bond acceptors (Lipinski definition) is 4. The van der Waals surface area contributed by atoms with E-state index in [9.17, 15) is 13.2 Å². The highest BCUT2D eigenvalue weighted by Gasteiger charge is 2.29. The molecule has 22 heavy (non-hydrogen) atoms. The van der Waals surface area contributed by atoms with Crippen LogP contribution in [0, 0.1) is 0 Å². The van der Waals surface area contributed by atoms with E-state index in [0.29, 0.717) is 17.4 Å². The number of fused-ring (bicyclic) bond motifs is 1. The van der Waals surface area contributed by atoms with Gasteiger partial charge in [-0.15, -0.1) is 0 Å². The van der Waals surface area contributed by atoms with Gasteiger partial charge in [0.15, 0.2) is 0 Å². The molecule has 1 heterocycles. The minimum atomic E-state index is -3.51. The van der Waals surface area contributed by atoms with E-state index >= 15 is 0 Å². The van der Waals surface area contributed by atoms with Gasteiger partial charge in [0, 0.05) is 18.0 Å². The number of aliphatic imine (C=N–C) groups is 1. The van der Waals surface area contributed by atoms with Crippen LogP contribution < -0.4 is 10.0 Å². The fourth-order valence-corrected chi connectivity index (χ4v) is 4.14. The van der Waals surface area contributed by atoms with E-state index in [0.717, 1.165) is 12.8 Å². The molecule has 1 aromatic rings. The SMILES string of the molecule is O=C(CCN=C1NS(=O)(=O)c2ccccc21)NC1CCCC1. The molecule has 0 unspecified atom stereocenters. The molecule has 0 atom stereocenters. The summed E-state index contributed by atoms with van der Waals surface area (Å²) >= 11 is 0. The molecule has 1 fully saturated rings. The van der Waals surface area contributed by atoms with E-state index in [1.807, 2.05) is 0 Å². The lowest BCUT2D eigenvalue weighted by atomic mass is 10.2. The average molecular weight is 321 g/mol. The Kier molecular flexibility index (Phi) is 4.15. The molecule has 2 N–H and O–H groups in total. The van der Waals surface area contributed by atoms with Crippen molar-refractivity contribution in [1.29, 1.82) is 0 Å². The number of rotatable bonds is 4. The summed E-state index contributed by atoms with van der Waals surface area (Å²) in [6.45, 7) is 0.269. The van der Waals surface area contributed by atoms with Crippen molar-refractivity contribution in [2.24, 2.45) is 4.99 Å². The standard InChI is InChI=1S/C15H19N3O3S/c19-14(17-11-5-1-2-6-11)9-10-16-15-12-7-3-4-8-13(12)22(20,21)18-15/h3-4,7-8,11H,1-2,5-6,9-10H2,(H,16,18)(H,17,19). The summed E-state index contributed by atoms with van der Waals surface area (Å²) in [6.07, 6.45) is 4.71. The van der Waals surface area contributed by atoms with Crippen LogP contribution in [-0.2, 0) is 14.8 Å². The largest absolute Gasteiger partial charge is 0.353 e. The van der Waals surface area contributed by atoms with Crippen molar-refractivity contribution in [2.75, 3.05) is 6.54 Å². The van der Waals surface area contributed by atoms with Crippen LogP contribution in [0.25, 0.3) is 0 Å². The van der Waals surface area contributed by atoms with Gasteiger partial charge >= 0.3 is 0 Å². The summed E-state index contributed by atoms with van der Waals surface area (Å²) in [5.41, 5.74) is 0.568. The monoisotopic (exact) mass is 321 g/mol. The predicted octanol–water partition coefficient (Wildman–Crippen LogP) is 1.17. The van der Waals surface area contributed by atoms with Crippen LogP contribution in [0.5, 0.6) is 0 Å². The Hall–Kier alpha value is -1.89. The molecule has 0 aromatic heterocycles. The number of benzene rings is 1. The highest BCUT2D eigenvalue weighted by atomic mass is 32.2.